The van der Waals surface area contributed by atoms with Crippen LogP contribution in [0, 0.1) is 6.92 Å². The van der Waals surface area contributed by atoms with E-state index in [1.807, 2.05) is 52.0 Å². The summed E-state index contributed by atoms with van der Waals surface area (Å²) < 4.78 is 37.0. The standard InChI is InChI=1S/C27H37N3O6S/c1-19-9-11-21(12-10-19)17-29(20(2)26(32)28-27(3,4)5)25(31)8-7-15-30(37(6,33)34)22-13-14-23-24(16-22)36-18-35-23/h9-14,16,20H,7-8,15,17-18H2,1-6H3,(H,28,32)/t20-/m1/s1. The summed E-state index contributed by atoms with van der Waals surface area (Å²) >= 11 is 0. The molecule has 37 heavy (non-hydrogen) atoms. The van der Waals surface area contributed by atoms with Crippen molar-refractivity contribution in [2.45, 2.75) is 65.6 Å². The zero-order chi connectivity index (χ0) is 27.4. The van der Waals surface area contributed by atoms with Gasteiger partial charge in [-0.05, 0) is 58.7 Å². The third-order valence-electron chi connectivity index (χ3n) is 5.94. The van der Waals surface area contributed by atoms with Crippen LogP contribution in [0.4, 0.5) is 5.69 Å². The number of nitrogens with one attached hydrogen (secondary N) is 1. The van der Waals surface area contributed by atoms with E-state index in [1.165, 1.54) is 4.31 Å². The van der Waals surface area contributed by atoms with Crippen molar-refractivity contribution < 1.29 is 27.5 Å². The van der Waals surface area contributed by atoms with Gasteiger partial charge in [0, 0.05) is 31.1 Å². The fourth-order valence-corrected chi connectivity index (χ4v) is 4.95. The van der Waals surface area contributed by atoms with Crippen LogP contribution in [-0.4, -0.2) is 56.3 Å². The second-order valence-electron chi connectivity index (χ2n) is 10.4. The number of carbonyl (C=O) groups excluding carboxylic acids is 2. The van der Waals surface area contributed by atoms with Crippen LogP contribution in [0.25, 0.3) is 0 Å². The Labute approximate surface area is 219 Å². The molecule has 10 heteroatoms. The van der Waals surface area contributed by atoms with Gasteiger partial charge in [0.1, 0.15) is 6.04 Å². The van der Waals surface area contributed by atoms with Crippen LogP contribution in [-0.2, 0) is 26.2 Å². The molecule has 0 saturated heterocycles. The van der Waals surface area contributed by atoms with Crippen molar-refractivity contribution >= 4 is 27.5 Å². The van der Waals surface area contributed by atoms with Crippen LogP contribution >= 0.6 is 0 Å². The lowest BCUT2D eigenvalue weighted by atomic mass is 10.1. The summed E-state index contributed by atoms with van der Waals surface area (Å²) in [5.41, 5.74) is 2.01. The molecule has 0 aromatic heterocycles. The first-order chi connectivity index (χ1) is 17.2. The number of anilines is 1. The number of nitrogens with zero attached hydrogens (tertiary/aromatic N) is 2. The lowest BCUT2D eigenvalue weighted by molar-refractivity contribution is -0.141. The first kappa shape index (κ1) is 28.3. The van der Waals surface area contributed by atoms with Gasteiger partial charge in [0.15, 0.2) is 11.5 Å². The highest BCUT2D eigenvalue weighted by atomic mass is 32.2. The number of sulfonamides is 1. The number of fused-ring (bicyclic) bond motifs is 1. The van der Waals surface area contributed by atoms with E-state index in [0.717, 1.165) is 17.4 Å². The van der Waals surface area contributed by atoms with Crippen molar-refractivity contribution in [1.29, 1.82) is 0 Å². The van der Waals surface area contributed by atoms with Gasteiger partial charge in [0.05, 0.1) is 11.9 Å². The Bertz CT molecular complexity index is 1220. The minimum atomic E-state index is -3.61. The monoisotopic (exact) mass is 531 g/mol. The SMILES string of the molecule is Cc1ccc(CN(C(=O)CCCN(c2ccc3c(c2)OCO3)S(C)(=O)=O)[C@H](C)C(=O)NC(C)(C)C)cc1. The lowest BCUT2D eigenvalue weighted by Crippen LogP contribution is -2.52. The Morgan fingerprint density at radius 3 is 2.32 bits per heavy atom. The Morgan fingerprint density at radius 1 is 1.05 bits per heavy atom. The maximum atomic E-state index is 13.4. The van der Waals surface area contributed by atoms with E-state index in [-0.39, 0.29) is 44.5 Å². The summed E-state index contributed by atoms with van der Waals surface area (Å²) in [6.45, 7) is 9.83. The lowest BCUT2D eigenvalue weighted by Gasteiger charge is -2.32. The minimum Gasteiger partial charge on any atom is -0.454 e. The molecule has 202 valence electrons. The molecule has 0 fully saturated rings. The molecule has 2 amide bonds. The second kappa shape index (κ2) is 11.4. The van der Waals surface area contributed by atoms with E-state index in [1.54, 1.807) is 30.0 Å². The summed E-state index contributed by atoms with van der Waals surface area (Å²) in [7, 11) is -3.61. The van der Waals surface area contributed by atoms with Crippen LogP contribution in [0.3, 0.4) is 0 Å². The zero-order valence-electron chi connectivity index (χ0n) is 22.4. The molecule has 2 aromatic rings. The maximum absolute atomic E-state index is 13.4. The molecule has 0 unspecified atom stereocenters. The fourth-order valence-electron chi connectivity index (χ4n) is 3.99. The van der Waals surface area contributed by atoms with Crippen LogP contribution in [0.2, 0.25) is 0 Å². The van der Waals surface area contributed by atoms with Crippen molar-refractivity contribution in [3.8, 4) is 11.5 Å². The largest absolute Gasteiger partial charge is 0.454 e. The van der Waals surface area contributed by atoms with Gasteiger partial charge < -0.3 is 19.7 Å². The van der Waals surface area contributed by atoms with E-state index < -0.39 is 21.6 Å². The number of ether oxygens (including phenoxy) is 2. The van der Waals surface area contributed by atoms with Gasteiger partial charge in [-0.1, -0.05) is 29.8 Å². The van der Waals surface area contributed by atoms with Gasteiger partial charge >= 0.3 is 0 Å². The first-order valence-electron chi connectivity index (χ1n) is 12.3. The number of carbonyl (C=O) groups is 2. The zero-order valence-corrected chi connectivity index (χ0v) is 23.2. The molecule has 9 nitrogen and oxygen atoms in total. The van der Waals surface area contributed by atoms with E-state index in [0.29, 0.717) is 17.2 Å². The number of hydrogen-bond donors (Lipinski definition) is 1. The molecule has 1 aliphatic rings. The quantitative estimate of drug-likeness (QED) is 0.502. The van der Waals surface area contributed by atoms with E-state index in [9.17, 15) is 18.0 Å². The predicted octanol–water partition coefficient (Wildman–Crippen LogP) is 3.60. The van der Waals surface area contributed by atoms with Crippen molar-refractivity contribution in [2.75, 3.05) is 23.9 Å². The molecule has 0 aliphatic carbocycles. The molecule has 1 N–H and O–H groups in total. The predicted molar refractivity (Wildman–Crippen MR) is 143 cm³/mol. The Morgan fingerprint density at radius 2 is 1.70 bits per heavy atom. The summed E-state index contributed by atoms with van der Waals surface area (Å²) in [6.07, 6.45) is 1.48. The van der Waals surface area contributed by atoms with Crippen molar-refractivity contribution in [3.63, 3.8) is 0 Å². The molecule has 0 radical (unpaired) electrons. The molecule has 3 rings (SSSR count). The van der Waals surface area contributed by atoms with Crippen LogP contribution < -0.4 is 19.1 Å². The Kier molecular flexibility index (Phi) is 8.73. The number of benzene rings is 2. The molecule has 1 heterocycles. The van der Waals surface area contributed by atoms with Gasteiger partial charge in [-0.25, -0.2) is 8.42 Å². The number of hydrogen-bond acceptors (Lipinski definition) is 6. The summed E-state index contributed by atoms with van der Waals surface area (Å²) in [5, 5.41) is 2.94. The van der Waals surface area contributed by atoms with Crippen LogP contribution in [0.15, 0.2) is 42.5 Å². The van der Waals surface area contributed by atoms with Gasteiger partial charge in [-0.2, -0.15) is 0 Å². The van der Waals surface area contributed by atoms with Gasteiger partial charge in [0.25, 0.3) is 0 Å². The topological polar surface area (TPSA) is 105 Å². The molecule has 0 spiro atoms. The van der Waals surface area contributed by atoms with E-state index in [2.05, 4.69) is 5.32 Å². The summed E-state index contributed by atoms with van der Waals surface area (Å²) in [5.74, 6) is 0.564. The van der Waals surface area contributed by atoms with Gasteiger partial charge in [0.2, 0.25) is 28.6 Å². The highest BCUT2D eigenvalue weighted by Gasteiger charge is 2.29. The molecule has 2 aromatic carbocycles. The molecule has 0 bridgehead atoms. The summed E-state index contributed by atoms with van der Waals surface area (Å²) in [6, 6.07) is 12.0. The minimum absolute atomic E-state index is 0.0789. The van der Waals surface area contributed by atoms with Gasteiger partial charge in [-0.3, -0.25) is 13.9 Å². The first-order valence-corrected chi connectivity index (χ1v) is 14.1. The average Bonchev–Trinajstić information content (AvgIpc) is 3.27. The van der Waals surface area contributed by atoms with Crippen LogP contribution in [0.5, 0.6) is 11.5 Å². The molecular formula is C27H37N3O6S. The summed E-state index contributed by atoms with van der Waals surface area (Å²) in [4.78, 5) is 27.9. The van der Waals surface area contributed by atoms with Crippen LogP contribution in [0.1, 0.15) is 51.7 Å². The number of amides is 2. The normalized spacial score (nSPS) is 13.7. The number of rotatable bonds is 10. The number of aryl methyl sites for hydroxylation is 1. The van der Waals surface area contributed by atoms with E-state index in [4.69, 9.17) is 9.47 Å². The van der Waals surface area contributed by atoms with Crippen molar-refractivity contribution in [2.24, 2.45) is 0 Å². The van der Waals surface area contributed by atoms with E-state index >= 15 is 0 Å². The molecule has 0 saturated carbocycles. The smallest absolute Gasteiger partial charge is 0.242 e. The average molecular weight is 532 g/mol. The van der Waals surface area contributed by atoms with Crippen molar-refractivity contribution in [1.82, 2.24) is 10.2 Å². The third-order valence-corrected chi connectivity index (χ3v) is 7.13. The molecular weight excluding hydrogens is 494 g/mol. The Hall–Kier alpha value is -3.27. The van der Waals surface area contributed by atoms with Crippen molar-refractivity contribution in [3.05, 3.63) is 53.6 Å². The fraction of sp³-hybridized carbons (Fsp3) is 0.481. The second-order valence-corrected chi connectivity index (χ2v) is 12.3. The Balaban J connectivity index is 1.74. The highest BCUT2D eigenvalue weighted by Crippen LogP contribution is 2.36. The molecule has 1 aliphatic heterocycles. The third kappa shape index (κ3) is 7.85. The highest BCUT2D eigenvalue weighted by molar-refractivity contribution is 7.92. The van der Waals surface area contributed by atoms with Gasteiger partial charge in [-0.15, -0.1) is 0 Å². The molecule has 1 atom stereocenters. The maximum Gasteiger partial charge on any atom is 0.242 e.